The first kappa shape index (κ1) is 13.4. The monoisotopic (exact) mass is 236 g/mol. The van der Waals surface area contributed by atoms with Crippen LogP contribution in [0.1, 0.15) is 26.3 Å². The first-order valence-corrected chi connectivity index (χ1v) is 5.80. The summed E-state index contributed by atoms with van der Waals surface area (Å²) in [5.74, 6) is 7.09. The number of rotatable bonds is 6. The molecule has 0 fully saturated rings. The molecule has 0 aliphatic carbocycles. The van der Waals surface area contributed by atoms with Crippen molar-refractivity contribution in [3.8, 4) is 11.5 Å². The molecule has 1 aromatic rings. The summed E-state index contributed by atoms with van der Waals surface area (Å²) in [5, 5.41) is 3.49. The fourth-order valence-electron chi connectivity index (χ4n) is 1.34. The predicted octanol–water partition coefficient (Wildman–Crippen LogP) is 2.41. The number of hydrogen-bond acceptors (Lipinski definition) is 4. The maximum Gasteiger partial charge on any atom is 0.161 e. The average molecular weight is 236 g/mol. The summed E-state index contributed by atoms with van der Waals surface area (Å²) >= 11 is 0. The molecule has 4 nitrogen and oxygen atoms in total. The van der Waals surface area contributed by atoms with Gasteiger partial charge in [-0.1, -0.05) is 13.8 Å². The second-order valence-corrected chi connectivity index (χ2v) is 4.12. The number of hydrazone groups is 1. The zero-order chi connectivity index (χ0) is 12.7. The van der Waals surface area contributed by atoms with E-state index in [0.717, 1.165) is 17.1 Å². The topological polar surface area (TPSA) is 56.8 Å². The van der Waals surface area contributed by atoms with E-state index in [1.54, 1.807) is 6.21 Å². The molecule has 0 radical (unpaired) electrons. The van der Waals surface area contributed by atoms with Gasteiger partial charge in [-0.05, 0) is 36.6 Å². The molecule has 0 aromatic heterocycles. The third-order valence-electron chi connectivity index (χ3n) is 2.06. The van der Waals surface area contributed by atoms with Crippen molar-refractivity contribution in [2.45, 2.75) is 20.8 Å². The Morgan fingerprint density at radius 3 is 2.65 bits per heavy atom. The third-order valence-corrected chi connectivity index (χ3v) is 2.06. The molecule has 0 unspecified atom stereocenters. The van der Waals surface area contributed by atoms with E-state index in [1.807, 2.05) is 25.1 Å². The first-order valence-electron chi connectivity index (χ1n) is 5.80. The second-order valence-electron chi connectivity index (χ2n) is 4.12. The summed E-state index contributed by atoms with van der Waals surface area (Å²) in [6, 6.07) is 5.65. The van der Waals surface area contributed by atoms with Gasteiger partial charge in [0.2, 0.25) is 0 Å². The largest absolute Gasteiger partial charge is 0.490 e. The van der Waals surface area contributed by atoms with E-state index >= 15 is 0 Å². The van der Waals surface area contributed by atoms with Crippen LogP contribution in [0.3, 0.4) is 0 Å². The maximum atomic E-state index is 5.68. The van der Waals surface area contributed by atoms with Gasteiger partial charge in [-0.25, -0.2) is 0 Å². The van der Waals surface area contributed by atoms with Crippen molar-refractivity contribution in [3.63, 3.8) is 0 Å². The highest BCUT2D eigenvalue weighted by Gasteiger charge is 2.06. The van der Waals surface area contributed by atoms with Crippen LogP contribution in [-0.2, 0) is 0 Å². The predicted molar refractivity (Wildman–Crippen MR) is 69.7 cm³/mol. The van der Waals surface area contributed by atoms with Gasteiger partial charge in [0.05, 0.1) is 19.4 Å². The van der Waals surface area contributed by atoms with E-state index in [-0.39, 0.29) is 0 Å². The SMILES string of the molecule is CCOc1cc(C=NN)ccc1OCC(C)C. The smallest absolute Gasteiger partial charge is 0.161 e. The fourth-order valence-corrected chi connectivity index (χ4v) is 1.34. The molecule has 0 amide bonds. The van der Waals surface area contributed by atoms with E-state index < -0.39 is 0 Å². The Labute approximate surface area is 102 Å². The summed E-state index contributed by atoms with van der Waals surface area (Å²) in [7, 11) is 0. The summed E-state index contributed by atoms with van der Waals surface area (Å²) in [6.45, 7) is 7.42. The standard InChI is InChI=1S/C13H20N2O2/c1-4-16-13-7-11(8-15-14)5-6-12(13)17-9-10(2)3/h5-8,10H,4,9,14H2,1-3H3. The molecule has 2 N–H and O–H groups in total. The Hall–Kier alpha value is -1.71. The van der Waals surface area contributed by atoms with Crippen molar-refractivity contribution >= 4 is 6.21 Å². The molecule has 0 saturated carbocycles. The van der Waals surface area contributed by atoms with Crippen molar-refractivity contribution in [2.75, 3.05) is 13.2 Å². The molecule has 0 heterocycles. The van der Waals surface area contributed by atoms with E-state index in [4.69, 9.17) is 15.3 Å². The molecule has 0 saturated heterocycles. The molecule has 0 bridgehead atoms. The van der Waals surface area contributed by atoms with Crippen molar-refractivity contribution in [1.82, 2.24) is 0 Å². The van der Waals surface area contributed by atoms with E-state index in [9.17, 15) is 0 Å². The minimum atomic E-state index is 0.481. The van der Waals surface area contributed by atoms with Crippen molar-refractivity contribution in [1.29, 1.82) is 0 Å². The Morgan fingerprint density at radius 1 is 1.29 bits per heavy atom. The van der Waals surface area contributed by atoms with Crippen LogP contribution >= 0.6 is 0 Å². The maximum absolute atomic E-state index is 5.68. The van der Waals surface area contributed by atoms with Gasteiger partial charge in [0.25, 0.3) is 0 Å². The van der Waals surface area contributed by atoms with Gasteiger partial charge in [0.15, 0.2) is 11.5 Å². The lowest BCUT2D eigenvalue weighted by molar-refractivity contribution is 0.248. The molecule has 0 aliphatic rings. The van der Waals surface area contributed by atoms with Gasteiger partial charge in [0, 0.05) is 0 Å². The number of benzene rings is 1. The third kappa shape index (κ3) is 4.34. The van der Waals surface area contributed by atoms with E-state index in [2.05, 4.69) is 18.9 Å². The van der Waals surface area contributed by atoms with E-state index in [1.165, 1.54) is 0 Å². The Bertz CT molecular complexity index is 376. The zero-order valence-electron chi connectivity index (χ0n) is 10.6. The highest BCUT2D eigenvalue weighted by molar-refractivity contribution is 5.80. The number of ether oxygens (including phenoxy) is 2. The number of hydrogen-bond donors (Lipinski definition) is 1. The molecule has 0 atom stereocenters. The summed E-state index contributed by atoms with van der Waals surface area (Å²) in [4.78, 5) is 0. The summed E-state index contributed by atoms with van der Waals surface area (Å²) in [6.07, 6.45) is 1.58. The van der Waals surface area contributed by atoms with Crippen LogP contribution < -0.4 is 15.3 Å². The lowest BCUT2D eigenvalue weighted by Gasteiger charge is -2.13. The quantitative estimate of drug-likeness (QED) is 0.469. The van der Waals surface area contributed by atoms with Gasteiger partial charge < -0.3 is 15.3 Å². The molecular weight excluding hydrogens is 216 g/mol. The summed E-state index contributed by atoms with van der Waals surface area (Å²) < 4.78 is 11.2. The van der Waals surface area contributed by atoms with Crippen LogP contribution in [0.2, 0.25) is 0 Å². The molecular formula is C13H20N2O2. The molecule has 4 heteroatoms. The summed E-state index contributed by atoms with van der Waals surface area (Å²) in [5.41, 5.74) is 0.896. The highest BCUT2D eigenvalue weighted by Crippen LogP contribution is 2.28. The Morgan fingerprint density at radius 2 is 2.06 bits per heavy atom. The second kappa shape index (κ2) is 6.78. The minimum absolute atomic E-state index is 0.481. The minimum Gasteiger partial charge on any atom is -0.490 e. The van der Waals surface area contributed by atoms with Crippen LogP contribution in [0.15, 0.2) is 23.3 Å². The fraction of sp³-hybridized carbons (Fsp3) is 0.462. The Kier molecular flexibility index (Phi) is 5.33. The van der Waals surface area contributed by atoms with Gasteiger partial charge in [0.1, 0.15) is 0 Å². The van der Waals surface area contributed by atoms with Crippen molar-refractivity contribution in [2.24, 2.45) is 16.9 Å². The lowest BCUT2D eigenvalue weighted by Crippen LogP contribution is -2.06. The zero-order valence-corrected chi connectivity index (χ0v) is 10.6. The van der Waals surface area contributed by atoms with Gasteiger partial charge in [-0.15, -0.1) is 0 Å². The normalized spacial score (nSPS) is 11.1. The first-order chi connectivity index (χ1) is 8.17. The number of nitrogens with two attached hydrogens (primary N) is 1. The Balaban J connectivity index is 2.87. The molecule has 1 aromatic carbocycles. The van der Waals surface area contributed by atoms with Crippen molar-refractivity contribution < 1.29 is 9.47 Å². The van der Waals surface area contributed by atoms with Gasteiger partial charge in [-0.3, -0.25) is 0 Å². The van der Waals surface area contributed by atoms with E-state index in [0.29, 0.717) is 19.1 Å². The van der Waals surface area contributed by atoms with Crippen LogP contribution in [0.5, 0.6) is 11.5 Å². The molecule has 17 heavy (non-hydrogen) atoms. The van der Waals surface area contributed by atoms with Crippen molar-refractivity contribution in [3.05, 3.63) is 23.8 Å². The molecule has 94 valence electrons. The van der Waals surface area contributed by atoms with Gasteiger partial charge >= 0.3 is 0 Å². The van der Waals surface area contributed by atoms with Crippen LogP contribution in [0.25, 0.3) is 0 Å². The van der Waals surface area contributed by atoms with Gasteiger partial charge in [-0.2, -0.15) is 5.10 Å². The van der Waals surface area contributed by atoms with Crippen LogP contribution in [0, 0.1) is 5.92 Å². The molecule has 0 aliphatic heterocycles. The molecule has 0 spiro atoms. The average Bonchev–Trinajstić information content (AvgIpc) is 2.28. The van der Waals surface area contributed by atoms with Crippen LogP contribution in [0.4, 0.5) is 0 Å². The molecule has 1 rings (SSSR count). The lowest BCUT2D eigenvalue weighted by atomic mass is 10.2. The van der Waals surface area contributed by atoms with Crippen LogP contribution in [-0.4, -0.2) is 19.4 Å². The highest BCUT2D eigenvalue weighted by atomic mass is 16.5. The number of nitrogens with zero attached hydrogens (tertiary/aromatic N) is 1.